The average molecular weight is 367 g/mol. The van der Waals surface area contributed by atoms with E-state index in [9.17, 15) is 14.0 Å². The van der Waals surface area contributed by atoms with Crippen molar-refractivity contribution in [1.29, 1.82) is 0 Å². The van der Waals surface area contributed by atoms with Gasteiger partial charge in [0, 0.05) is 17.5 Å². The van der Waals surface area contributed by atoms with Crippen molar-refractivity contribution >= 4 is 23.2 Å². The summed E-state index contributed by atoms with van der Waals surface area (Å²) < 4.78 is 13.0. The van der Waals surface area contributed by atoms with Crippen LogP contribution in [0.3, 0.4) is 0 Å². The summed E-state index contributed by atoms with van der Waals surface area (Å²) in [6.45, 7) is 0. The van der Waals surface area contributed by atoms with Crippen LogP contribution in [0.2, 0.25) is 0 Å². The van der Waals surface area contributed by atoms with Crippen LogP contribution in [0.1, 0.15) is 37.2 Å². The van der Waals surface area contributed by atoms with Crippen LogP contribution in [-0.2, 0) is 6.42 Å². The van der Waals surface area contributed by atoms with Gasteiger partial charge in [0.25, 0.3) is 0 Å². The van der Waals surface area contributed by atoms with Gasteiger partial charge in [-0.05, 0) is 35.4 Å². The summed E-state index contributed by atoms with van der Waals surface area (Å²) in [6.07, 6.45) is 0.318. The summed E-state index contributed by atoms with van der Waals surface area (Å²) in [7, 11) is 0. The zero-order valence-corrected chi connectivity index (χ0v) is 14.6. The highest BCUT2D eigenvalue weighted by molar-refractivity contribution is 6.33. The van der Waals surface area contributed by atoms with E-state index >= 15 is 0 Å². The number of hydrogen-bond acceptors (Lipinski definition) is 2. The Balaban J connectivity index is 1.71. The molecule has 0 N–H and O–H groups in total. The molecule has 4 heteroatoms. The summed E-state index contributed by atoms with van der Waals surface area (Å²) >= 11 is 6.26. The third kappa shape index (κ3) is 4.24. The number of halogens is 2. The Hall–Kier alpha value is -2.78. The van der Waals surface area contributed by atoms with E-state index in [-0.39, 0.29) is 11.6 Å². The Bertz CT molecular complexity index is 903. The second-order valence-electron chi connectivity index (χ2n) is 5.94. The van der Waals surface area contributed by atoms with Gasteiger partial charge in [-0.3, -0.25) is 9.59 Å². The SMILES string of the molecule is O=C(Cc1ccccc1)c1ccc(C(Cl)C(=O)c2ccc(F)cc2)cc1. The summed E-state index contributed by atoms with van der Waals surface area (Å²) in [6, 6.07) is 21.5. The number of ketones is 2. The number of benzene rings is 3. The minimum atomic E-state index is -0.890. The van der Waals surface area contributed by atoms with Crippen LogP contribution in [0, 0.1) is 5.82 Å². The van der Waals surface area contributed by atoms with E-state index in [1.807, 2.05) is 30.3 Å². The molecule has 0 heterocycles. The monoisotopic (exact) mass is 366 g/mol. The normalized spacial score (nSPS) is 11.8. The van der Waals surface area contributed by atoms with Crippen LogP contribution in [0.4, 0.5) is 4.39 Å². The molecule has 0 amide bonds. The van der Waals surface area contributed by atoms with Crippen LogP contribution in [0.25, 0.3) is 0 Å². The quantitative estimate of drug-likeness (QED) is 0.431. The van der Waals surface area contributed by atoms with Gasteiger partial charge in [0.2, 0.25) is 0 Å². The second kappa shape index (κ2) is 8.07. The fourth-order valence-corrected chi connectivity index (χ4v) is 2.90. The molecule has 26 heavy (non-hydrogen) atoms. The Morgan fingerprint density at radius 3 is 2.00 bits per heavy atom. The number of Topliss-reactive ketones (excluding diaryl/α,β-unsaturated/α-hetero) is 2. The van der Waals surface area contributed by atoms with Gasteiger partial charge in [0.1, 0.15) is 11.2 Å². The predicted molar refractivity (Wildman–Crippen MR) is 100 cm³/mol. The summed E-state index contributed by atoms with van der Waals surface area (Å²) in [5.74, 6) is -0.720. The molecule has 0 spiro atoms. The minimum Gasteiger partial charge on any atom is -0.294 e. The highest BCUT2D eigenvalue weighted by atomic mass is 35.5. The molecule has 3 aromatic carbocycles. The van der Waals surface area contributed by atoms with Gasteiger partial charge in [-0.2, -0.15) is 0 Å². The van der Waals surface area contributed by atoms with Crippen molar-refractivity contribution in [2.24, 2.45) is 0 Å². The van der Waals surface area contributed by atoms with Gasteiger partial charge >= 0.3 is 0 Å². The van der Waals surface area contributed by atoms with E-state index in [1.165, 1.54) is 24.3 Å². The van der Waals surface area contributed by atoms with E-state index in [4.69, 9.17) is 11.6 Å². The molecule has 3 aromatic rings. The fourth-order valence-electron chi connectivity index (χ4n) is 2.63. The third-order valence-electron chi connectivity index (χ3n) is 4.09. The molecule has 0 radical (unpaired) electrons. The Morgan fingerprint density at radius 2 is 1.38 bits per heavy atom. The van der Waals surface area contributed by atoms with Crippen LogP contribution < -0.4 is 0 Å². The maximum absolute atomic E-state index is 13.0. The van der Waals surface area contributed by atoms with Crippen molar-refractivity contribution in [3.63, 3.8) is 0 Å². The first-order chi connectivity index (χ1) is 12.5. The van der Waals surface area contributed by atoms with Gasteiger partial charge < -0.3 is 0 Å². The topological polar surface area (TPSA) is 34.1 Å². The first-order valence-electron chi connectivity index (χ1n) is 8.15. The smallest absolute Gasteiger partial charge is 0.185 e. The molecule has 0 bridgehead atoms. The first-order valence-corrected chi connectivity index (χ1v) is 8.59. The maximum atomic E-state index is 13.0. The van der Waals surface area contributed by atoms with E-state index in [0.717, 1.165) is 5.56 Å². The van der Waals surface area contributed by atoms with Crippen molar-refractivity contribution in [2.45, 2.75) is 11.8 Å². The molecule has 2 nitrogen and oxygen atoms in total. The molecular formula is C22H16ClFO2. The standard InChI is InChI=1S/C22H16ClFO2/c23-21(22(26)18-10-12-19(24)13-11-18)17-8-6-16(7-9-17)20(25)14-15-4-2-1-3-5-15/h1-13,21H,14H2. The van der Waals surface area contributed by atoms with Gasteiger partial charge in [-0.15, -0.1) is 11.6 Å². The summed E-state index contributed by atoms with van der Waals surface area (Å²) in [4.78, 5) is 24.7. The minimum absolute atomic E-state index is 0.00117. The van der Waals surface area contributed by atoms with Gasteiger partial charge in [0.05, 0.1) is 0 Å². The molecule has 1 atom stereocenters. The first kappa shape index (κ1) is 18.0. The predicted octanol–water partition coefficient (Wildman–Crippen LogP) is 5.41. The van der Waals surface area contributed by atoms with Crippen LogP contribution in [0.15, 0.2) is 78.9 Å². The molecule has 0 aliphatic rings. The molecule has 0 fully saturated rings. The van der Waals surface area contributed by atoms with E-state index in [2.05, 4.69) is 0 Å². The molecule has 0 aromatic heterocycles. The van der Waals surface area contributed by atoms with Gasteiger partial charge in [-0.25, -0.2) is 4.39 Å². The second-order valence-corrected chi connectivity index (χ2v) is 6.38. The van der Waals surface area contributed by atoms with Crippen molar-refractivity contribution in [3.05, 3.63) is 107 Å². The van der Waals surface area contributed by atoms with Crippen LogP contribution >= 0.6 is 11.6 Å². The zero-order valence-electron chi connectivity index (χ0n) is 13.9. The van der Waals surface area contributed by atoms with E-state index < -0.39 is 11.2 Å². The molecule has 3 rings (SSSR count). The molecule has 0 saturated heterocycles. The Kier molecular flexibility index (Phi) is 5.59. The van der Waals surface area contributed by atoms with Crippen molar-refractivity contribution in [1.82, 2.24) is 0 Å². The average Bonchev–Trinajstić information content (AvgIpc) is 2.68. The Morgan fingerprint density at radius 1 is 0.808 bits per heavy atom. The van der Waals surface area contributed by atoms with Crippen LogP contribution in [-0.4, -0.2) is 11.6 Å². The maximum Gasteiger partial charge on any atom is 0.185 e. The van der Waals surface area contributed by atoms with Gasteiger partial charge in [-0.1, -0.05) is 54.6 Å². The van der Waals surface area contributed by atoms with Crippen molar-refractivity contribution in [3.8, 4) is 0 Å². The van der Waals surface area contributed by atoms with E-state index in [1.54, 1.807) is 24.3 Å². The number of carbonyl (C=O) groups is 2. The van der Waals surface area contributed by atoms with E-state index in [0.29, 0.717) is 23.1 Å². The molecule has 130 valence electrons. The summed E-state index contributed by atoms with van der Waals surface area (Å²) in [5, 5.41) is -0.890. The highest BCUT2D eigenvalue weighted by Crippen LogP contribution is 2.26. The number of rotatable bonds is 6. The number of carbonyl (C=O) groups excluding carboxylic acids is 2. The van der Waals surface area contributed by atoms with Gasteiger partial charge in [0.15, 0.2) is 11.6 Å². The molecule has 0 aliphatic carbocycles. The lowest BCUT2D eigenvalue weighted by molar-refractivity contribution is 0.0983. The highest BCUT2D eigenvalue weighted by Gasteiger charge is 2.20. The fraction of sp³-hybridized carbons (Fsp3) is 0.0909. The lowest BCUT2D eigenvalue weighted by Crippen LogP contribution is -2.08. The third-order valence-corrected chi connectivity index (χ3v) is 4.54. The molecule has 0 aliphatic heterocycles. The lowest BCUT2D eigenvalue weighted by atomic mass is 9.98. The Labute approximate surface area is 156 Å². The number of alkyl halides is 1. The lowest BCUT2D eigenvalue weighted by Gasteiger charge is -2.10. The van der Waals surface area contributed by atoms with Crippen LogP contribution in [0.5, 0.6) is 0 Å². The van der Waals surface area contributed by atoms with Crippen molar-refractivity contribution in [2.75, 3.05) is 0 Å². The molecule has 1 unspecified atom stereocenters. The van der Waals surface area contributed by atoms with Crippen molar-refractivity contribution < 1.29 is 14.0 Å². The largest absolute Gasteiger partial charge is 0.294 e. The zero-order chi connectivity index (χ0) is 18.5. The summed E-state index contributed by atoms with van der Waals surface area (Å²) in [5.41, 5.74) is 2.45. The number of hydrogen-bond donors (Lipinski definition) is 0. The molecule has 0 saturated carbocycles. The molecular weight excluding hydrogens is 351 g/mol.